The molecule has 1 saturated heterocycles. The Kier molecular flexibility index (Phi) is 3.61. The van der Waals surface area contributed by atoms with Crippen LogP contribution in [-0.2, 0) is 15.3 Å². The van der Waals surface area contributed by atoms with Gasteiger partial charge >= 0.3 is 0 Å². The zero-order valence-corrected chi connectivity index (χ0v) is 12.1. The first-order chi connectivity index (χ1) is 7.93. The predicted octanol–water partition coefficient (Wildman–Crippen LogP) is 1.72. The predicted molar refractivity (Wildman–Crippen MR) is 73.0 cm³/mol. The van der Waals surface area contributed by atoms with Gasteiger partial charge in [-0.15, -0.1) is 0 Å². The number of benzene rings is 1. The third kappa shape index (κ3) is 2.89. The van der Waals surface area contributed by atoms with Gasteiger partial charge in [-0.1, -0.05) is 34.1 Å². The maximum atomic E-state index is 11.3. The van der Waals surface area contributed by atoms with Crippen molar-refractivity contribution in [3.63, 3.8) is 0 Å². The minimum atomic E-state index is -2.90. The largest absolute Gasteiger partial charge is 0.315 e. The van der Waals surface area contributed by atoms with Crippen LogP contribution in [0.25, 0.3) is 0 Å². The molecule has 1 aromatic rings. The Labute approximate surface area is 111 Å². The Morgan fingerprint density at radius 1 is 1.35 bits per heavy atom. The van der Waals surface area contributed by atoms with Gasteiger partial charge in [0.25, 0.3) is 0 Å². The van der Waals surface area contributed by atoms with Gasteiger partial charge in [-0.25, -0.2) is 8.42 Å². The van der Waals surface area contributed by atoms with Crippen molar-refractivity contribution in [2.45, 2.75) is 11.8 Å². The first kappa shape index (κ1) is 13.1. The monoisotopic (exact) mass is 317 g/mol. The maximum absolute atomic E-state index is 11.3. The normalized spacial score (nSPS) is 18.7. The molecule has 2 rings (SSSR count). The van der Waals surface area contributed by atoms with Crippen LogP contribution in [0.1, 0.15) is 12.0 Å². The van der Waals surface area contributed by atoms with Crippen LogP contribution in [0.2, 0.25) is 0 Å². The summed E-state index contributed by atoms with van der Waals surface area (Å²) < 4.78 is 23.7. The average Bonchev–Trinajstić information content (AvgIpc) is 2.17. The highest BCUT2D eigenvalue weighted by molar-refractivity contribution is 9.10. The van der Waals surface area contributed by atoms with Crippen molar-refractivity contribution in [3.05, 3.63) is 34.3 Å². The molecule has 0 aliphatic carbocycles. The second-order valence-electron chi connectivity index (χ2n) is 4.74. The number of halogens is 1. The van der Waals surface area contributed by atoms with E-state index in [9.17, 15) is 8.42 Å². The zero-order valence-electron chi connectivity index (χ0n) is 9.74. The van der Waals surface area contributed by atoms with E-state index in [1.54, 1.807) is 0 Å². The summed E-state index contributed by atoms with van der Waals surface area (Å²) in [5.74, 6) is 0.246. The molecule has 0 radical (unpaired) electrons. The number of hydrogen-bond acceptors (Lipinski definition) is 3. The molecular formula is C12H16BrNO2S. The van der Waals surface area contributed by atoms with Gasteiger partial charge in [-0.05, 0) is 18.1 Å². The van der Waals surface area contributed by atoms with E-state index < -0.39 is 9.84 Å². The molecule has 0 bridgehead atoms. The Bertz CT molecular complexity index is 509. The molecule has 0 saturated carbocycles. The Morgan fingerprint density at radius 2 is 2.00 bits per heavy atom. The Hall–Kier alpha value is -0.390. The lowest BCUT2D eigenvalue weighted by Gasteiger charge is -2.43. The molecule has 1 N–H and O–H groups in total. The van der Waals surface area contributed by atoms with E-state index in [2.05, 4.69) is 27.3 Å². The van der Waals surface area contributed by atoms with Crippen LogP contribution in [0.5, 0.6) is 0 Å². The number of sulfone groups is 1. The van der Waals surface area contributed by atoms with E-state index in [4.69, 9.17) is 0 Å². The lowest BCUT2D eigenvalue weighted by Crippen LogP contribution is -2.57. The molecule has 0 amide bonds. The van der Waals surface area contributed by atoms with Crippen LogP contribution in [0.15, 0.2) is 28.7 Å². The summed E-state index contributed by atoms with van der Waals surface area (Å²) in [4.78, 5) is 0. The molecule has 94 valence electrons. The summed E-state index contributed by atoms with van der Waals surface area (Å²) in [5.41, 5.74) is 1.19. The lowest BCUT2D eigenvalue weighted by atomic mass is 9.73. The SMILES string of the molecule is CS(=O)(=O)CCC1(c2ccccc2Br)CNC1. The van der Waals surface area contributed by atoms with Crippen molar-refractivity contribution in [2.75, 3.05) is 25.1 Å². The molecule has 1 aliphatic rings. The first-order valence-electron chi connectivity index (χ1n) is 5.56. The van der Waals surface area contributed by atoms with Crippen molar-refractivity contribution in [1.29, 1.82) is 0 Å². The molecule has 0 atom stereocenters. The van der Waals surface area contributed by atoms with E-state index in [0.29, 0.717) is 6.42 Å². The molecule has 1 aliphatic heterocycles. The third-order valence-electron chi connectivity index (χ3n) is 3.32. The second-order valence-corrected chi connectivity index (χ2v) is 7.86. The highest BCUT2D eigenvalue weighted by Crippen LogP contribution is 2.36. The van der Waals surface area contributed by atoms with E-state index in [1.807, 2.05) is 18.2 Å². The minimum Gasteiger partial charge on any atom is -0.315 e. The summed E-state index contributed by atoms with van der Waals surface area (Å²) >= 11 is 3.55. The minimum absolute atomic E-state index is 0.0246. The second kappa shape index (κ2) is 4.71. The van der Waals surface area contributed by atoms with E-state index in [-0.39, 0.29) is 11.2 Å². The first-order valence-corrected chi connectivity index (χ1v) is 8.42. The van der Waals surface area contributed by atoms with E-state index >= 15 is 0 Å². The highest BCUT2D eigenvalue weighted by atomic mass is 79.9. The number of hydrogen-bond donors (Lipinski definition) is 1. The topological polar surface area (TPSA) is 46.2 Å². The fourth-order valence-corrected chi connectivity index (χ4v) is 3.67. The summed E-state index contributed by atoms with van der Waals surface area (Å²) in [6, 6.07) is 8.06. The maximum Gasteiger partial charge on any atom is 0.147 e. The Morgan fingerprint density at radius 3 is 2.47 bits per heavy atom. The highest BCUT2D eigenvalue weighted by Gasteiger charge is 2.40. The van der Waals surface area contributed by atoms with Crippen molar-refractivity contribution in [2.24, 2.45) is 0 Å². The molecule has 1 heterocycles. The van der Waals surface area contributed by atoms with E-state index in [1.165, 1.54) is 11.8 Å². The van der Waals surface area contributed by atoms with Crippen LogP contribution in [0.3, 0.4) is 0 Å². The van der Waals surface area contributed by atoms with Gasteiger partial charge in [-0.3, -0.25) is 0 Å². The van der Waals surface area contributed by atoms with Crippen molar-refractivity contribution >= 4 is 25.8 Å². The lowest BCUT2D eigenvalue weighted by molar-refractivity contribution is 0.267. The fraction of sp³-hybridized carbons (Fsp3) is 0.500. The van der Waals surface area contributed by atoms with Gasteiger partial charge in [0.15, 0.2) is 0 Å². The smallest absolute Gasteiger partial charge is 0.147 e. The molecule has 3 nitrogen and oxygen atoms in total. The van der Waals surface area contributed by atoms with Gasteiger partial charge in [0, 0.05) is 29.2 Å². The third-order valence-corrected chi connectivity index (χ3v) is 4.96. The van der Waals surface area contributed by atoms with Crippen LogP contribution >= 0.6 is 15.9 Å². The quantitative estimate of drug-likeness (QED) is 0.920. The van der Waals surface area contributed by atoms with Gasteiger partial charge in [0.1, 0.15) is 9.84 Å². The zero-order chi connectivity index (χ0) is 12.5. The van der Waals surface area contributed by atoms with Crippen LogP contribution < -0.4 is 5.32 Å². The standard InChI is InChI=1S/C12H16BrNO2S/c1-17(15,16)7-6-12(8-14-9-12)10-4-2-3-5-11(10)13/h2-5,14H,6-9H2,1H3. The van der Waals surface area contributed by atoms with Crippen molar-refractivity contribution < 1.29 is 8.42 Å². The van der Waals surface area contributed by atoms with Gasteiger partial charge < -0.3 is 5.32 Å². The van der Waals surface area contributed by atoms with Crippen LogP contribution in [0.4, 0.5) is 0 Å². The molecular weight excluding hydrogens is 302 g/mol. The van der Waals surface area contributed by atoms with Crippen molar-refractivity contribution in [1.82, 2.24) is 5.32 Å². The summed E-state index contributed by atoms with van der Waals surface area (Å²) in [7, 11) is -2.90. The molecule has 0 spiro atoms. The van der Waals surface area contributed by atoms with Crippen LogP contribution in [0, 0.1) is 0 Å². The fourth-order valence-electron chi connectivity index (χ4n) is 2.20. The Balaban J connectivity index is 2.23. The van der Waals surface area contributed by atoms with Gasteiger partial charge in [-0.2, -0.15) is 0 Å². The van der Waals surface area contributed by atoms with Gasteiger partial charge in [0.05, 0.1) is 5.75 Å². The van der Waals surface area contributed by atoms with Crippen molar-refractivity contribution in [3.8, 4) is 0 Å². The van der Waals surface area contributed by atoms with E-state index in [0.717, 1.165) is 17.6 Å². The molecule has 5 heteroatoms. The average molecular weight is 318 g/mol. The molecule has 0 unspecified atom stereocenters. The molecule has 0 aromatic heterocycles. The number of nitrogens with one attached hydrogen (secondary N) is 1. The molecule has 1 aromatic carbocycles. The molecule has 17 heavy (non-hydrogen) atoms. The summed E-state index contributed by atoms with van der Waals surface area (Å²) in [6.07, 6.45) is 1.98. The summed E-state index contributed by atoms with van der Waals surface area (Å²) in [5, 5.41) is 3.25. The summed E-state index contributed by atoms with van der Waals surface area (Å²) in [6.45, 7) is 1.70. The molecule has 1 fully saturated rings. The van der Waals surface area contributed by atoms with Gasteiger partial charge in [0.2, 0.25) is 0 Å². The number of rotatable bonds is 4. The van der Waals surface area contributed by atoms with Crippen LogP contribution in [-0.4, -0.2) is 33.5 Å².